The van der Waals surface area contributed by atoms with Crippen LogP contribution in [0.25, 0.3) is 0 Å². The molecule has 3 rings (SSSR count). The Morgan fingerprint density at radius 1 is 1.56 bits per heavy atom. The first-order valence-corrected chi connectivity index (χ1v) is 7.47. The SMILES string of the molecule is NCC1(Cc2cc(Br)cs2)CC2CCC1O2. The predicted molar refractivity (Wildman–Crippen MR) is 69.7 cm³/mol. The smallest absolute Gasteiger partial charge is 0.0652 e. The second-order valence-electron chi connectivity index (χ2n) is 5.00. The third-order valence-corrected chi connectivity index (χ3v) is 5.68. The summed E-state index contributed by atoms with van der Waals surface area (Å²) in [5.74, 6) is 0. The van der Waals surface area contributed by atoms with Gasteiger partial charge in [-0.3, -0.25) is 0 Å². The van der Waals surface area contributed by atoms with E-state index in [4.69, 9.17) is 10.5 Å². The number of hydrogen-bond donors (Lipinski definition) is 1. The van der Waals surface area contributed by atoms with E-state index in [0.29, 0.717) is 12.2 Å². The molecule has 2 bridgehead atoms. The Labute approximate surface area is 108 Å². The zero-order chi connectivity index (χ0) is 11.2. The van der Waals surface area contributed by atoms with Gasteiger partial charge >= 0.3 is 0 Å². The second kappa shape index (κ2) is 4.09. The van der Waals surface area contributed by atoms with Gasteiger partial charge in [0.2, 0.25) is 0 Å². The molecule has 3 unspecified atom stereocenters. The lowest BCUT2D eigenvalue weighted by molar-refractivity contribution is 0.0639. The highest BCUT2D eigenvalue weighted by atomic mass is 79.9. The number of halogens is 1. The van der Waals surface area contributed by atoms with E-state index in [2.05, 4.69) is 27.4 Å². The molecule has 1 aromatic heterocycles. The zero-order valence-corrected chi connectivity index (χ0v) is 11.5. The van der Waals surface area contributed by atoms with Gasteiger partial charge in [0.05, 0.1) is 12.2 Å². The van der Waals surface area contributed by atoms with E-state index >= 15 is 0 Å². The maximum Gasteiger partial charge on any atom is 0.0652 e. The van der Waals surface area contributed by atoms with Gasteiger partial charge < -0.3 is 10.5 Å². The summed E-state index contributed by atoms with van der Waals surface area (Å²) in [6.45, 7) is 0.754. The van der Waals surface area contributed by atoms with Crippen LogP contribution in [0.4, 0.5) is 0 Å². The molecular formula is C12H16BrNOS. The van der Waals surface area contributed by atoms with Crippen LogP contribution < -0.4 is 5.73 Å². The molecule has 0 aromatic carbocycles. The molecule has 2 aliphatic heterocycles. The molecule has 0 radical (unpaired) electrons. The Hall–Kier alpha value is 0.1000. The third-order valence-electron chi connectivity index (χ3n) is 3.98. The fourth-order valence-corrected chi connectivity index (χ4v) is 4.76. The average Bonchev–Trinajstić information content (AvgIpc) is 2.94. The van der Waals surface area contributed by atoms with Gasteiger partial charge in [-0.05, 0) is 47.7 Å². The molecule has 2 aliphatic rings. The fourth-order valence-electron chi connectivity index (χ4n) is 3.16. The first-order chi connectivity index (χ1) is 7.72. The van der Waals surface area contributed by atoms with Crippen LogP contribution in [0.3, 0.4) is 0 Å². The topological polar surface area (TPSA) is 35.2 Å². The van der Waals surface area contributed by atoms with Crippen LogP contribution in [0.2, 0.25) is 0 Å². The van der Waals surface area contributed by atoms with Crippen LogP contribution in [-0.4, -0.2) is 18.8 Å². The number of hydrogen-bond acceptors (Lipinski definition) is 3. The number of ether oxygens (including phenoxy) is 1. The van der Waals surface area contributed by atoms with Gasteiger partial charge in [-0.1, -0.05) is 0 Å². The summed E-state index contributed by atoms with van der Waals surface area (Å²) in [5, 5.41) is 2.15. The molecule has 2 fully saturated rings. The van der Waals surface area contributed by atoms with Crippen molar-refractivity contribution in [2.75, 3.05) is 6.54 Å². The maximum absolute atomic E-state index is 6.02. The number of nitrogens with two attached hydrogens (primary N) is 1. The highest BCUT2D eigenvalue weighted by Crippen LogP contribution is 2.49. The molecule has 88 valence electrons. The van der Waals surface area contributed by atoms with Crippen LogP contribution in [0.15, 0.2) is 15.9 Å². The summed E-state index contributed by atoms with van der Waals surface area (Å²) in [6, 6.07) is 2.22. The minimum Gasteiger partial charge on any atom is -0.374 e. The molecule has 0 aliphatic carbocycles. The summed E-state index contributed by atoms with van der Waals surface area (Å²) in [6.07, 6.45) is 5.57. The van der Waals surface area contributed by atoms with E-state index in [9.17, 15) is 0 Å². The van der Waals surface area contributed by atoms with E-state index < -0.39 is 0 Å². The minimum atomic E-state index is 0.215. The van der Waals surface area contributed by atoms with Crippen molar-refractivity contribution in [2.24, 2.45) is 11.1 Å². The van der Waals surface area contributed by atoms with Gasteiger partial charge in [-0.25, -0.2) is 0 Å². The number of rotatable bonds is 3. The molecule has 3 atom stereocenters. The van der Waals surface area contributed by atoms with E-state index in [1.807, 2.05) is 11.3 Å². The second-order valence-corrected chi connectivity index (χ2v) is 6.91. The Balaban J connectivity index is 1.81. The molecular weight excluding hydrogens is 286 g/mol. The Morgan fingerprint density at radius 3 is 2.94 bits per heavy atom. The van der Waals surface area contributed by atoms with Crippen molar-refractivity contribution in [3.8, 4) is 0 Å². The van der Waals surface area contributed by atoms with Crippen molar-refractivity contribution in [1.29, 1.82) is 0 Å². The van der Waals surface area contributed by atoms with E-state index in [1.54, 1.807) is 0 Å². The summed E-state index contributed by atoms with van der Waals surface area (Å²) < 4.78 is 7.16. The average molecular weight is 302 g/mol. The predicted octanol–water partition coefficient (Wildman–Crippen LogP) is 2.95. The summed E-state index contributed by atoms with van der Waals surface area (Å²) in [7, 11) is 0. The molecule has 2 nitrogen and oxygen atoms in total. The normalized spacial score (nSPS) is 37.1. The van der Waals surface area contributed by atoms with Crippen LogP contribution >= 0.6 is 27.3 Å². The summed E-state index contributed by atoms with van der Waals surface area (Å²) in [4.78, 5) is 1.42. The van der Waals surface area contributed by atoms with Gasteiger partial charge in [0.15, 0.2) is 0 Å². The lowest BCUT2D eigenvalue weighted by Gasteiger charge is -2.33. The van der Waals surface area contributed by atoms with E-state index in [1.165, 1.54) is 22.2 Å². The molecule has 2 N–H and O–H groups in total. The molecule has 2 saturated heterocycles. The Kier molecular flexibility index (Phi) is 2.86. The third kappa shape index (κ3) is 1.76. The Bertz CT molecular complexity index is 394. The number of thiophene rings is 1. The minimum absolute atomic E-state index is 0.215. The maximum atomic E-state index is 6.02. The first-order valence-electron chi connectivity index (χ1n) is 5.80. The van der Waals surface area contributed by atoms with Crippen molar-refractivity contribution < 1.29 is 4.74 Å². The molecule has 3 heterocycles. The molecule has 0 saturated carbocycles. The monoisotopic (exact) mass is 301 g/mol. The highest BCUT2D eigenvalue weighted by Gasteiger charge is 2.51. The fraction of sp³-hybridized carbons (Fsp3) is 0.667. The van der Waals surface area contributed by atoms with Gasteiger partial charge in [0.1, 0.15) is 0 Å². The lowest BCUT2D eigenvalue weighted by Crippen LogP contribution is -2.41. The largest absolute Gasteiger partial charge is 0.374 e. The van der Waals surface area contributed by atoms with Crippen LogP contribution in [0.5, 0.6) is 0 Å². The first kappa shape index (κ1) is 11.2. The van der Waals surface area contributed by atoms with Crippen molar-refractivity contribution >= 4 is 27.3 Å². The van der Waals surface area contributed by atoms with E-state index in [0.717, 1.165) is 19.4 Å². The highest BCUT2D eigenvalue weighted by molar-refractivity contribution is 9.10. The van der Waals surface area contributed by atoms with Gasteiger partial charge in [-0.2, -0.15) is 0 Å². The molecule has 4 heteroatoms. The zero-order valence-electron chi connectivity index (χ0n) is 9.12. The quantitative estimate of drug-likeness (QED) is 0.931. The van der Waals surface area contributed by atoms with Crippen LogP contribution in [0, 0.1) is 5.41 Å². The van der Waals surface area contributed by atoms with Gasteiger partial charge in [0.25, 0.3) is 0 Å². The molecule has 0 amide bonds. The molecule has 1 aromatic rings. The lowest BCUT2D eigenvalue weighted by atomic mass is 9.71. The number of fused-ring (bicyclic) bond motifs is 2. The van der Waals surface area contributed by atoms with Crippen LogP contribution in [0.1, 0.15) is 24.1 Å². The van der Waals surface area contributed by atoms with Crippen molar-refractivity contribution in [1.82, 2.24) is 0 Å². The van der Waals surface area contributed by atoms with Crippen molar-refractivity contribution in [3.63, 3.8) is 0 Å². The Morgan fingerprint density at radius 2 is 2.44 bits per heavy atom. The standard InChI is InChI=1S/C12H16BrNOS/c13-8-3-10(16-6-8)5-12(7-14)4-9-1-2-11(12)15-9/h3,6,9,11H,1-2,4-5,7,14H2. The van der Waals surface area contributed by atoms with Crippen LogP contribution in [-0.2, 0) is 11.2 Å². The molecule has 0 spiro atoms. The van der Waals surface area contributed by atoms with Crippen molar-refractivity contribution in [2.45, 2.75) is 37.9 Å². The summed E-state index contributed by atoms with van der Waals surface area (Å²) >= 11 is 5.33. The van der Waals surface area contributed by atoms with Gasteiger partial charge in [0, 0.05) is 26.7 Å². The summed E-state index contributed by atoms with van der Waals surface area (Å²) in [5.41, 5.74) is 6.24. The van der Waals surface area contributed by atoms with Gasteiger partial charge in [-0.15, -0.1) is 11.3 Å². The van der Waals surface area contributed by atoms with Crippen molar-refractivity contribution in [3.05, 3.63) is 20.8 Å². The molecule has 16 heavy (non-hydrogen) atoms. The van der Waals surface area contributed by atoms with E-state index in [-0.39, 0.29) is 5.41 Å².